The van der Waals surface area contributed by atoms with Crippen molar-refractivity contribution in [2.24, 2.45) is 0 Å². The highest BCUT2D eigenvalue weighted by molar-refractivity contribution is 7.90. The molecule has 2 aromatic rings. The maximum Gasteiger partial charge on any atom is 0.227 e. The van der Waals surface area contributed by atoms with E-state index < -0.39 is 9.84 Å². The van der Waals surface area contributed by atoms with Crippen LogP contribution in [0.1, 0.15) is 36.5 Å². The molecule has 26 heavy (non-hydrogen) atoms. The van der Waals surface area contributed by atoms with Crippen LogP contribution in [-0.4, -0.2) is 26.6 Å². The van der Waals surface area contributed by atoms with Crippen LogP contribution in [0.2, 0.25) is 0 Å². The topological polar surface area (TPSA) is 54.5 Å². The van der Waals surface area contributed by atoms with Crippen LogP contribution in [0.4, 0.5) is 5.69 Å². The number of fused-ring (bicyclic) bond motifs is 1. The van der Waals surface area contributed by atoms with E-state index in [0.717, 1.165) is 28.8 Å². The summed E-state index contributed by atoms with van der Waals surface area (Å²) in [5.74, 6) is 0.353. The molecule has 138 valence electrons. The summed E-state index contributed by atoms with van der Waals surface area (Å²) >= 11 is 0. The molecule has 0 atom stereocenters. The third kappa shape index (κ3) is 4.52. The van der Waals surface area contributed by atoms with Crippen molar-refractivity contribution < 1.29 is 13.2 Å². The summed E-state index contributed by atoms with van der Waals surface area (Å²) in [6.07, 6.45) is 2.62. The number of amides is 1. The molecule has 0 aliphatic carbocycles. The lowest BCUT2D eigenvalue weighted by Gasteiger charge is -2.29. The van der Waals surface area contributed by atoms with Crippen LogP contribution in [0.25, 0.3) is 0 Å². The standard InChI is InChI=1S/C21H25NO3S/c1-2-13-22-20-10-8-18(15-19(20)9-11-21(22)23)16-26(24,25)14-12-17-6-4-3-5-7-17/h3-8,10,15H,2,9,11-14,16H2,1H3. The zero-order chi connectivity index (χ0) is 18.6. The van der Waals surface area contributed by atoms with Gasteiger partial charge >= 0.3 is 0 Å². The van der Waals surface area contributed by atoms with Crippen molar-refractivity contribution in [2.45, 2.75) is 38.4 Å². The molecular weight excluding hydrogens is 346 g/mol. The predicted octanol–water partition coefficient (Wildman–Crippen LogP) is 3.53. The maximum absolute atomic E-state index is 12.5. The largest absolute Gasteiger partial charge is 0.312 e. The lowest BCUT2D eigenvalue weighted by atomic mass is 9.99. The van der Waals surface area contributed by atoms with Gasteiger partial charge in [-0.2, -0.15) is 0 Å². The van der Waals surface area contributed by atoms with Crippen molar-refractivity contribution in [1.29, 1.82) is 0 Å². The summed E-state index contributed by atoms with van der Waals surface area (Å²) in [6.45, 7) is 2.76. The first-order chi connectivity index (χ1) is 12.5. The summed E-state index contributed by atoms with van der Waals surface area (Å²) in [5.41, 5.74) is 3.86. The molecule has 0 fully saturated rings. The van der Waals surface area contributed by atoms with Crippen LogP contribution >= 0.6 is 0 Å². The van der Waals surface area contributed by atoms with Crippen LogP contribution in [0, 0.1) is 0 Å². The van der Waals surface area contributed by atoms with Gasteiger partial charge in [0.05, 0.1) is 11.5 Å². The van der Waals surface area contributed by atoms with Gasteiger partial charge in [0.1, 0.15) is 0 Å². The number of benzene rings is 2. The third-order valence-electron chi connectivity index (χ3n) is 4.72. The van der Waals surface area contributed by atoms with Crippen molar-refractivity contribution in [1.82, 2.24) is 0 Å². The molecule has 0 bridgehead atoms. The van der Waals surface area contributed by atoms with E-state index in [2.05, 4.69) is 6.92 Å². The molecule has 0 spiro atoms. The summed E-state index contributed by atoms with van der Waals surface area (Å²) in [7, 11) is -3.17. The normalized spacial score (nSPS) is 14.3. The van der Waals surface area contributed by atoms with E-state index in [4.69, 9.17) is 0 Å². The van der Waals surface area contributed by atoms with Crippen molar-refractivity contribution in [2.75, 3.05) is 17.2 Å². The number of anilines is 1. The van der Waals surface area contributed by atoms with Gasteiger partial charge in [-0.05, 0) is 42.0 Å². The van der Waals surface area contributed by atoms with Crippen molar-refractivity contribution in [3.63, 3.8) is 0 Å². The second-order valence-electron chi connectivity index (χ2n) is 6.84. The van der Waals surface area contributed by atoms with Crippen LogP contribution in [0.15, 0.2) is 48.5 Å². The van der Waals surface area contributed by atoms with Gasteiger partial charge in [0.25, 0.3) is 0 Å². The van der Waals surface area contributed by atoms with E-state index in [1.165, 1.54) is 0 Å². The second-order valence-corrected chi connectivity index (χ2v) is 9.02. The molecule has 0 saturated carbocycles. The van der Waals surface area contributed by atoms with Crippen LogP contribution in [0.3, 0.4) is 0 Å². The molecule has 1 amide bonds. The fraction of sp³-hybridized carbons (Fsp3) is 0.381. The van der Waals surface area contributed by atoms with Crippen molar-refractivity contribution >= 4 is 21.4 Å². The van der Waals surface area contributed by atoms with Crippen LogP contribution in [0.5, 0.6) is 0 Å². The molecule has 3 rings (SSSR count). The smallest absolute Gasteiger partial charge is 0.227 e. The Kier molecular flexibility index (Phi) is 5.77. The number of hydrogen-bond acceptors (Lipinski definition) is 3. The van der Waals surface area contributed by atoms with E-state index in [1.54, 1.807) is 0 Å². The summed E-state index contributed by atoms with van der Waals surface area (Å²) < 4.78 is 25.0. The molecule has 4 nitrogen and oxygen atoms in total. The SMILES string of the molecule is CCCN1C(=O)CCc2cc(CS(=O)(=O)CCc3ccccc3)ccc21. The molecule has 0 unspecified atom stereocenters. The zero-order valence-electron chi connectivity index (χ0n) is 15.1. The lowest BCUT2D eigenvalue weighted by molar-refractivity contribution is -0.118. The first-order valence-corrected chi connectivity index (χ1v) is 11.0. The summed E-state index contributed by atoms with van der Waals surface area (Å²) in [5, 5.41) is 0. The van der Waals surface area contributed by atoms with Crippen molar-refractivity contribution in [3.05, 3.63) is 65.2 Å². The average molecular weight is 372 g/mol. The van der Waals surface area contributed by atoms with Gasteiger partial charge < -0.3 is 4.90 Å². The van der Waals surface area contributed by atoms with Gasteiger partial charge in [0, 0.05) is 18.7 Å². The predicted molar refractivity (Wildman–Crippen MR) is 105 cm³/mol. The Morgan fingerprint density at radius 3 is 2.50 bits per heavy atom. The molecular formula is C21H25NO3S. The monoisotopic (exact) mass is 371 g/mol. The van der Waals surface area contributed by atoms with E-state index >= 15 is 0 Å². The number of nitrogens with zero attached hydrogens (tertiary/aromatic N) is 1. The molecule has 1 aliphatic rings. The lowest BCUT2D eigenvalue weighted by Crippen LogP contribution is -2.35. The Hall–Kier alpha value is -2.14. The minimum atomic E-state index is -3.17. The molecule has 0 saturated heterocycles. The molecule has 1 aliphatic heterocycles. The summed E-state index contributed by atoms with van der Waals surface area (Å²) in [6, 6.07) is 15.4. The quantitative estimate of drug-likeness (QED) is 0.748. The van der Waals surface area contributed by atoms with E-state index in [-0.39, 0.29) is 17.4 Å². The highest BCUT2D eigenvalue weighted by Crippen LogP contribution is 2.29. The Bertz CT molecular complexity index is 875. The Balaban J connectivity index is 1.71. The van der Waals surface area contributed by atoms with Gasteiger partial charge in [-0.25, -0.2) is 8.42 Å². The molecule has 1 heterocycles. The average Bonchev–Trinajstić information content (AvgIpc) is 2.63. The highest BCUT2D eigenvalue weighted by atomic mass is 32.2. The summed E-state index contributed by atoms with van der Waals surface area (Å²) in [4.78, 5) is 13.9. The number of aryl methyl sites for hydroxylation is 2. The van der Waals surface area contributed by atoms with Gasteiger partial charge in [-0.15, -0.1) is 0 Å². The Morgan fingerprint density at radius 1 is 1.00 bits per heavy atom. The Morgan fingerprint density at radius 2 is 1.77 bits per heavy atom. The van der Waals surface area contributed by atoms with Crippen LogP contribution < -0.4 is 4.90 Å². The first kappa shape index (κ1) is 18.6. The number of sulfone groups is 1. The van der Waals surface area contributed by atoms with Gasteiger partial charge in [-0.3, -0.25) is 4.79 Å². The molecule has 0 aromatic heterocycles. The third-order valence-corrected chi connectivity index (χ3v) is 6.32. The first-order valence-electron chi connectivity index (χ1n) is 9.15. The number of carbonyl (C=O) groups is 1. The van der Waals surface area contributed by atoms with Crippen LogP contribution in [-0.2, 0) is 33.2 Å². The fourth-order valence-electron chi connectivity index (χ4n) is 3.42. The van der Waals surface area contributed by atoms with Crippen molar-refractivity contribution in [3.8, 4) is 0 Å². The van der Waals surface area contributed by atoms with E-state index in [1.807, 2.05) is 53.4 Å². The van der Waals surface area contributed by atoms with E-state index in [0.29, 0.717) is 25.8 Å². The van der Waals surface area contributed by atoms with E-state index in [9.17, 15) is 13.2 Å². The van der Waals surface area contributed by atoms with Gasteiger partial charge in [-0.1, -0.05) is 49.4 Å². The highest BCUT2D eigenvalue weighted by Gasteiger charge is 2.24. The number of rotatable bonds is 7. The van der Waals surface area contributed by atoms with Gasteiger partial charge in [0.2, 0.25) is 5.91 Å². The fourth-order valence-corrected chi connectivity index (χ4v) is 4.79. The minimum Gasteiger partial charge on any atom is -0.312 e. The molecule has 5 heteroatoms. The Labute approximate surface area is 155 Å². The maximum atomic E-state index is 12.5. The van der Waals surface area contributed by atoms with Gasteiger partial charge in [0.15, 0.2) is 9.84 Å². The molecule has 0 N–H and O–H groups in total. The number of carbonyl (C=O) groups excluding carboxylic acids is 1. The second kappa shape index (κ2) is 8.04. The molecule has 2 aromatic carbocycles. The minimum absolute atomic E-state index is 0.0504. The number of hydrogen-bond donors (Lipinski definition) is 0. The zero-order valence-corrected chi connectivity index (χ0v) is 16.0. The molecule has 0 radical (unpaired) electrons.